The summed E-state index contributed by atoms with van der Waals surface area (Å²) in [6, 6.07) is 0. The standard InChI is InChI=1S/C81H158O17P2/c1-7-10-12-14-16-18-20-22-24-26-27-28-29-30-32-34-36-38-40-45-53-59-65-80(85)97-76(69-91-78(83)63-57-51-44-39-37-35-33-31-25-23-21-19-17-15-13-11-8-2)71-95-99(87,88)93-67-75(82)68-94-100(89,90)96-72-77(70-92-79(84)64-58-52-48-47-50-56-62-74(6)9-3)98-81(86)66-60-54-46-42-41-43-49-55-61-73(4)5/h73-77,82H,7-72H2,1-6H3,(H,87,88)(H,89,90)/t74?,75-,76-,77-/m1/s1. The first-order valence-electron chi connectivity index (χ1n) is 42.0. The minimum Gasteiger partial charge on any atom is -0.462 e. The molecule has 0 fully saturated rings. The molecular formula is C81H158O17P2. The Balaban J connectivity index is 5.20. The van der Waals surface area contributed by atoms with E-state index < -0.39 is 97.5 Å². The zero-order valence-corrected chi connectivity index (χ0v) is 67.3. The van der Waals surface area contributed by atoms with Gasteiger partial charge < -0.3 is 33.8 Å². The van der Waals surface area contributed by atoms with Gasteiger partial charge in [0, 0.05) is 25.7 Å². The van der Waals surface area contributed by atoms with Crippen LogP contribution in [0.25, 0.3) is 0 Å². The lowest BCUT2D eigenvalue weighted by molar-refractivity contribution is -0.161. The molecule has 0 radical (unpaired) electrons. The Labute approximate surface area is 613 Å². The molecule has 17 nitrogen and oxygen atoms in total. The molecule has 0 spiro atoms. The van der Waals surface area contributed by atoms with Crippen molar-refractivity contribution in [2.75, 3.05) is 39.6 Å². The van der Waals surface area contributed by atoms with Gasteiger partial charge in [-0.25, -0.2) is 9.13 Å². The second-order valence-corrected chi connectivity index (χ2v) is 32.8. The van der Waals surface area contributed by atoms with Crippen LogP contribution in [-0.2, 0) is 65.4 Å². The molecule has 0 saturated heterocycles. The molecule has 3 N–H and O–H groups in total. The first-order valence-corrected chi connectivity index (χ1v) is 45.0. The molecule has 0 heterocycles. The molecule has 0 aromatic heterocycles. The van der Waals surface area contributed by atoms with Crippen molar-refractivity contribution in [3.05, 3.63) is 0 Å². The van der Waals surface area contributed by atoms with Crippen LogP contribution >= 0.6 is 15.6 Å². The van der Waals surface area contributed by atoms with Crippen molar-refractivity contribution in [3.8, 4) is 0 Å². The zero-order valence-electron chi connectivity index (χ0n) is 65.5. The summed E-state index contributed by atoms with van der Waals surface area (Å²) in [7, 11) is -9.92. The highest BCUT2D eigenvalue weighted by molar-refractivity contribution is 7.47. The van der Waals surface area contributed by atoms with Crippen molar-refractivity contribution in [2.24, 2.45) is 11.8 Å². The zero-order chi connectivity index (χ0) is 73.5. The second kappa shape index (κ2) is 72.6. The Hall–Kier alpha value is -1.94. The van der Waals surface area contributed by atoms with Crippen LogP contribution in [0.2, 0.25) is 0 Å². The van der Waals surface area contributed by atoms with Gasteiger partial charge in [-0.15, -0.1) is 0 Å². The molecule has 0 aliphatic carbocycles. The van der Waals surface area contributed by atoms with Crippen LogP contribution in [0, 0.1) is 11.8 Å². The van der Waals surface area contributed by atoms with E-state index in [0.29, 0.717) is 25.7 Å². The maximum atomic E-state index is 13.1. The van der Waals surface area contributed by atoms with Crippen molar-refractivity contribution < 1.29 is 80.2 Å². The summed E-state index contributed by atoms with van der Waals surface area (Å²) < 4.78 is 68.6. The summed E-state index contributed by atoms with van der Waals surface area (Å²) in [5, 5.41) is 10.6. The van der Waals surface area contributed by atoms with E-state index >= 15 is 0 Å². The van der Waals surface area contributed by atoms with Crippen LogP contribution < -0.4 is 0 Å². The number of carbonyl (C=O) groups is 4. The number of ether oxygens (including phenoxy) is 4. The van der Waals surface area contributed by atoms with E-state index in [1.54, 1.807) is 0 Å². The third-order valence-electron chi connectivity index (χ3n) is 19.3. The highest BCUT2D eigenvalue weighted by Gasteiger charge is 2.30. The molecule has 0 aromatic carbocycles. The topological polar surface area (TPSA) is 237 Å². The number of phosphoric ester groups is 2. The molecule has 0 aliphatic heterocycles. The lowest BCUT2D eigenvalue weighted by atomic mass is 10.00. The number of esters is 4. The summed E-state index contributed by atoms with van der Waals surface area (Å²) in [5.41, 5.74) is 0. The highest BCUT2D eigenvalue weighted by Crippen LogP contribution is 2.45. The molecule has 19 heteroatoms. The monoisotopic (exact) mass is 1470 g/mol. The SMILES string of the molecule is CCCCCCCCCCCCCCCCCCCCCCCCC(=O)O[C@H](COC(=O)CCCCCCCCCCCCCCCCCCC)COP(=O)(O)OC[C@@H](O)COP(=O)(O)OC[C@@H](COC(=O)CCCCCCCCC(C)CC)OC(=O)CCCCCCCCCCC(C)C. The highest BCUT2D eigenvalue weighted by atomic mass is 31.2. The Morgan fingerprint density at radius 2 is 0.510 bits per heavy atom. The van der Waals surface area contributed by atoms with Crippen molar-refractivity contribution in [2.45, 2.75) is 445 Å². The van der Waals surface area contributed by atoms with Gasteiger partial charge in [0.2, 0.25) is 0 Å². The molecule has 0 amide bonds. The third-order valence-corrected chi connectivity index (χ3v) is 21.2. The Kier molecular flexibility index (Phi) is 71.2. The summed E-state index contributed by atoms with van der Waals surface area (Å²) in [4.78, 5) is 72.9. The average molecular weight is 1470 g/mol. The minimum absolute atomic E-state index is 0.104. The van der Waals surface area contributed by atoms with Crippen molar-refractivity contribution in [1.29, 1.82) is 0 Å². The Bertz CT molecular complexity index is 1930. The summed E-state index contributed by atoms with van der Waals surface area (Å²) >= 11 is 0. The minimum atomic E-state index is -4.96. The van der Waals surface area contributed by atoms with Gasteiger partial charge in [0.15, 0.2) is 12.2 Å². The number of hydrogen-bond donors (Lipinski definition) is 3. The summed E-state index contributed by atoms with van der Waals surface area (Å²) in [6.45, 7) is 9.54. The molecule has 0 aromatic rings. The van der Waals surface area contributed by atoms with Crippen molar-refractivity contribution in [3.63, 3.8) is 0 Å². The van der Waals surface area contributed by atoms with Gasteiger partial charge in [-0.05, 0) is 37.5 Å². The van der Waals surface area contributed by atoms with Crippen LogP contribution in [0.4, 0.5) is 0 Å². The van der Waals surface area contributed by atoms with Crippen molar-refractivity contribution in [1.82, 2.24) is 0 Å². The van der Waals surface area contributed by atoms with E-state index in [9.17, 15) is 43.2 Å². The lowest BCUT2D eigenvalue weighted by Gasteiger charge is -2.21. The van der Waals surface area contributed by atoms with E-state index in [1.807, 2.05) is 0 Å². The molecule has 0 aliphatic rings. The van der Waals surface area contributed by atoms with Crippen LogP contribution in [-0.4, -0.2) is 96.7 Å². The molecule has 0 rings (SSSR count). The van der Waals surface area contributed by atoms with E-state index in [4.69, 9.17) is 37.0 Å². The molecule has 100 heavy (non-hydrogen) atoms. The van der Waals surface area contributed by atoms with E-state index in [-0.39, 0.29) is 25.7 Å². The van der Waals surface area contributed by atoms with Crippen molar-refractivity contribution >= 4 is 39.5 Å². The van der Waals surface area contributed by atoms with Gasteiger partial charge in [0.05, 0.1) is 26.4 Å². The molecular weight excluding hydrogens is 1310 g/mol. The Morgan fingerprint density at radius 3 is 0.760 bits per heavy atom. The third kappa shape index (κ3) is 73.0. The second-order valence-electron chi connectivity index (χ2n) is 29.9. The van der Waals surface area contributed by atoms with Gasteiger partial charge in [0.1, 0.15) is 19.3 Å². The lowest BCUT2D eigenvalue weighted by Crippen LogP contribution is -2.30. The maximum absolute atomic E-state index is 13.1. The number of phosphoric acid groups is 2. The predicted octanol–water partition coefficient (Wildman–Crippen LogP) is 24.3. The number of aliphatic hydroxyl groups excluding tert-OH is 1. The van der Waals surface area contributed by atoms with Crippen LogP contribution in [0.1, 0.15) is 427 Å². The molecule has 6 atom stereocenters. The predicted molar refractivity (Wildman–Crippen MR) is 409 cm³/mol. The summed E-state index contributed by atoms with van der Waals surface area (Å²) in [6.07, 6.45) is 62.8. The maximum Gasteiger partial charge on any atom is 0.472 e. The van der Waals surface area contributed by atoms with Gasteiger partial charge in [-0.3, -0.25) is 37.3 Å². The van der Waals surface area contributed by atoms with Gasteiger partial charge in [-0.2, -0.15) is 0 Å². The van der Waals surface area contributed by atoms with Crippen LogP contribution in [0.3, 0.4) is 0 Å². The largest absolute Gasteiger partial charge is 0.472 e. The number of rotatable bonds is 80. The average Bonchev–Trinajstić information content (AvgIpc) is 0.923. The van der Waals surface area contributed by atoms with E-state index in [2.05, 4.69) is 41.5 Å². The van der Waals surface area contributed by atoms with Gasteiger partial charge in [0.25, 0.3) is 0 Å². The number of hydrogen-bond acceptors (Lipinski definition) is 15. The molecule has 0 bridgehead atoms. The fourth-order valence-electron chi connectivity index (χ4n) is 12.5. The number of carbonyl (C=O) groups excluding carboxylic acids is 4. The fraction of sp³-hybridized carbons (Fsp3) is 0.951. The first kappa shape index (κ1) is 98.1. The molecule has 3 unspecified atom stereocenters. The van der Waals surface area contributed by atoms with Gasteiger partial charge >= 0.3 is 39.5 Å². The summed E-state index contributed by atoms with van der Waals surface area (Å²) in [5.74, 6) is -0.665. The Morgan fingerprint density at radius 1 is 0.290 bits per heavy atom. The first-order chi connectivity index (χ1) is 48.4. The van der Waals surface area contributed by atoms with E-state index in [0.717, 1.165) is 108 Å². The molecule has 0 saturated carbocycles. The smallest absolute Gasteiger partial charge is 0.462 e. The van der Waals surface area contributed by atoms with Crippen LogP contribution in [0.5, 0.6) is 0 Å². The number of aliphatic hydroxyl groups is 1. The molecule has 594 valence electrons. The van der Waals surface area contributed by atoms with E-state index in [1.165, 1.54) is 238 Å². The quantitative estimate of drug-likeness (QED) is 0.0222. The van der Waals surface area contributed by atoms with Crippen LogP contribution in [0.15, 0.2) is 0 Å². The van der Waals surface area contributed by atoms with Gasteiger partial charge in [-0.1, -0.05) is 375 Å². The fourth-order valence-corrected chi connectivity index (χ4v) is 14.1. The normalized spacial score (nSPS) is 14.2. The number of unbranched alkanes of at least 4 members (excludes halogenated alkanes) is 49.